The summed E-state index contributed by atoms with van der Waals surface area (Å²) in [6, 6.07) is 38.5. The van der Waals surface area contributed by atoms with Crippen molar-refractivity contribution in [3.05, 3.63) is 144 Å². The van der Waals surface area contributed by atoms with E-state index < -0.39 is 0 Å². The fourth-order valence-corrected chi connectivity index (χ4v) is 8.30. The Balaban J connectivity index is 0.00000449. The molecule has 296 valence electrons. The van der Waals surface area contributed by atoms with Gasteiger partial charge in [0.05, 0.1) is 28.6 Å². The van der Waals surface area contributed by atoms with E-state index in [1.54, 1.807) is 0 Å². The van der Waals surface area contributed by atoms with Crippen LogP contribution in [0.1, 0.15) is 82.6 Å². The van der Waals surface area contributed by atoms with Gasteiger partial charge in [0.25, 0.3) is 0 Å². The maximum atomic E-state index is 6.82. The largest absolute Gasteiger partial charge is 2.00 e. The summed E-state index contributed by atoms with van der Waals surface area (Å²) < 4.78 is 19.5. The first kappa shape index (κ1) is 38.5. The number of fused-ring (bicyclic) bond motifs is 8. The standard InChI is InChI=1S/C50H44N6O2.Pt/c1-29(2)36-15-12-16-37(30(3)4)46(36)32-27-52-54(28-32)34-24-39-38-14-9-10-18-43(38)58-48(39)44(25-34)57-35-19-20-40-42(26-35)56(45-23-33(21-22-51-45)50(6,7)8)49-53-47-31(5)13-11-17-41(47)55(40)49;/h9-24,27-30H,1-8H3;/q-2;+2. The molecule has 0 amide bonds. The van der Waals surface area contributed by atoms with Crippen LogP contribution in [-0.2, 0) is 26.5 Å². The number of nitrogens with zero attached hydrogens (tertiary/aromatic N) is 6. The van der Waals surface area contributed by atoms with Gasteiger partial charge in [-0.1, -0.05) is 102 Å². The van der Waals surface area contributed by atoms with Crippen molar-refractivity contribution in [1.29, 1.82) is 0 Å². The summed E-state index contributed by atoms with van der Waals surface area (Å²) in [6.07, 6.45) is 5.93. The number of rotatable bonds is 7. The minimum absolute atomic E-state index is 0. The van der Waals surface area contributed by atoms with Gasteiger partial charge in [-0.25, -0.2) is 9.97 Å². The molecule has 0 radical (unpaired) electrons. The number of pyridine rings is 1. The molecular formula is C50H44N6O2Pt. The van der Waals surface area contributed by atoms with E-state index in [2.05, 4.69) is 149 Å². The predicted molar refractivity (Wildman–Crippen MR) is 233 cm³/mol. The van der Waals surface area contributed by atoms with Crippen molar-refractivity contribution >= 4 is 49.8 Å². The number of ether oxygens (including phenoxy) is 1. The van der Waals surface area contributed by atoms with E-state index in [4.69, 9.17) is 24.2 Å². The second kappa shape index (κ2) is 14.4. The van der Waals surface area contributed by atoms with Gasteiger partial charge in [-0.05, 0) is 93.0 Å². The van der Waals surface area contributed by atoms with Gasteiger partial charge >= 0.3 is 21.1 Å². The van der Waals surface area contributed by atoms with E-state index >= 15 is 0 Å². The Labute approximate surface area is 357 Å². The normalized spacial score (nSPS) is 12.2. The van der Waals surface area contributed by atoms with Crippen molar-refractivity contribution in [3.8, 4) is 34.1 Å². The first-order valence-electron chi connectivity index (χ1n) is 20.0. The molecule has 0 atom stereocenters. The van der Waals surface area contributed by atoms with Gasteiger partial charge in [0, 0.05) is 29.1 Å². The third-order valence-corrected chi connectivity index (χ3v) is 11.3. The molecule has 5 aromatic carbocycles. The van der Waals surface area contributed by atoms with E-state index in [0.29, 0.717) is 28.9 Å². The molecule has 0 N–H and O–H groups in total. The molecule has 5 aromatic heterocycles. The van der Waals surface area contributed by atoms with Gasteiger partial charge in [0.1, 0.15) is 11.4 Å². The molecule has 0 aliphatic rings. The Morgan fingerprint density at radius 3 is 2.32 bits per heavy atom. The molecule has 10 rings (SSSR count). The molecule has 5 heterocycles. The van der Waals surface area contributed by atoms with Crippen LogP contribution in [0, 0.1) is 19.1 Å². The average molecular weight is 956 g/mol. The van der Waals surface area contributed by atoms with Crippen molar-refractivity contribution in [2.75, 3.05) is 0 Å². The van der Waals surface area contributed by atoms with Crippen LogP contribution < -0.4 is 4.74 Å². The summed E-state index contributed by atoms with van der Waals surface area (Å²) in [5, 5.41) is 6.81. The second-order valence-electron chi connectivity index (χ2n) is 17.0. The number of para-hydroxylation sites is 2. The molecule has 8 nitrogen and oxygen atoms in total. The van der Waals surface area contributed by atoms with Crippen LogP contribution in [0.3, 0.4) is 0 Å². The monoisotopic (exact) mass is 955 g/mol. The van der Waals surface area contributed by atoms with Gasteiger partial charge in [-0.3, -0.25) is 9.25 Å². The predicted octanol–water partition coefficient (Wildman–Crippen LogP) is 12.8. The van der Waals surface area contributed by atoms with E-state index in [1.807, 2.05) is 41.3 Å². The Morgan fingerprint density at radius 2 is 1.56 bits per heavy atom. The Kier molecular flexibility index (Phi) is 9.39. The molecule has 0 saturated heterocycles. The van der Waals surface area contributed by atoms with Crippen LogP contribution in [0.4, 0.5) is 0 Å². The van der Waals surface area contributed by atoms with Crippen molar-refractivity contribution in [2.45, 2.75) is 72.6 Å². The van der Waals surface area contributed by atoms with Crippen molar-refractivity contribution < 1.29 is 30.2 Å². The molecule has 0 bridgehead atoms. The molecular weight excluding hydrogens is 912 g/mol. The third kappa shape index (κ3) is 6.36. The molecule has 59 heavy (non-hydrogen) atoms. The summed E-state index contributed by atoms with van der Waals surface area (Å²) in [6.45, 7) is 17.7. The van der Waals surface area contributed by atoms with Crippen LogP contribution in [0.15, 0.2) is 114 Å². The fraction of sp³-hybridized carbons (Fsp3) is 0.220. The molecule has 10 aromatic rings. The van der Waals surface area contributed by atoms with Gasteiger partial charge < -0.3 is 13.6 Å². The SMILES string of the molecule is Cc1cccc2c1nc1n(-c3cc(C(C)(C)C)ccn3)c3[c-]c(Oc4[c-]c(-n5cc(-c6c(C(C)C)cccc6C(C)C)cn5)cc5c4oc4ccccc45)ccc3n21.[Pt+2]. The number of benzene rings is 5. The number of aromatic nitrogens is 6. The summed E-state index contributed by atoms with van der Waals surface area (Å²) in [5.41, 5.74) is 12.9. The first-order chi connectivity index (χ1) is 27.9. The van der Waals surface area contributed by atoms with Gasteiger partial charge in [0.15, 0.2) is 0 Å². The topological polar surface area (TPSA) is 75.3 Å². The zero-order chi connectivity index (χ0) is 40.0. The Bertz CT molecular complexity index is 3200. The van der Waals surface area contributed by atoms with Crippen LogP contribution in [0.5, 0.6) is 11.5 Å². The second-order valence-corrected chi connectivity index (χ2v) is 17.0. The molecule has 0 aliphatic carbocycles. The van der Waals surface area contributed by atoms with Crippen LogP contribution in [0.25, 0.3) is 72.4 Å². The van der Waals surface area contributed by atoms with Crippen LogP contribution >= 0.6 is 0 Å². The number of furan rings is 1. The number of hydrogen-bond acceptors (Lipinski definition) is 5. The average Bonchev–Trinajstić information content (AvgIpc) is 3.99. The van der Waals surface area contributed by atoms with E-state index in [9.17, 15) is 0 Å². The van der Waals surface area contributed by atoms with Crippen LogP contribution in [-0.4, -0.2) is 28.7 Å². The smallest absolute Gasteiger partial charge is 0.512 e. The zero-order valence-electron chi connectivity index (χ0n) is 34.4. The third-order valence-electron chi connectivity index (χ3n) is 11.3. The summed E-state index contributed by atoms with van der Waals surface area (Å²) in [7, 11) is 0. The van der Waals surface area contributed by atoms with Gasteiger partial charge in [0.2, 0.25) is 5.78 Å². The van der Waals surface area contributed by atoms with Crippen molar-refractivity contribution in [3.63, 3.8) is 0 Å². The van der Waals surface area contributed by atoms with Crippen molar-refractivity contribution in [2.24, 2.45) is 0 Å². The van der Waals surface area contributed by atoms with Crippen LogP contribution in [0.2, 0.25) is 0 Å². The number of imidazole rings is 2. The minimum Gasteiger partial charge on any atom is -0.512 e. The summed E-state index contributed by atoms with van der Waals surface area (Å²) in [4.78, 5) is 10.1. The van der Waals surface area contributed by atoms with E-state index in [0.717, 1.165) is 66.8 Å². The molecule has 0 spiro atoms. The molecule has 0 aliphatic heterocycles. The summed E-state index contributed by atoms with van der Waals surface area (Å²) >= 11 is 0. The minimum atomic E-state index is -0.0751. The zero-order valence-corrected chi connectivity index (χ0v) is 36.6. The first-order valence-corrected chi connectivity index (χ1v) is 20.0. The van der Waals surface area contributed by atoms with E-state index in [-0.39, 0.29) is 26.5 Å². The van der Waals surface area contributed by atoms with Gasteiger partial charge in [-0.2, -0.15) is 5.10 Å². The Morgan fingerprint density at radius 1 is 0.797 bits per heavy atom. The molecule has 0 unspecified atom stereocenters. The maximum absolute atomic E-state index is 6.82. The fourth-order valence-electron chi connectivity index (χ4n) is 8.30. The van der Waals surface area contributed by atoms with Crippen molar-refractivity contribution in [1.82, 2.24) is 28.7 Å². The van der Waals surface area contributed by atoms with Gasteiger partial charge in [-0.15, -0.1) is 30.3 Å². The number of aryl methyl sites for hydroxylation is 1. The quantitative estimate of drug-likeness (QED) is 0.149. The summed E-state index contributed by atoms with van der Waals surface area (Å²) in [5.74, 6) is 3.18. The molecule has 9 heteroatoms. The number of hydrogen-bond donors (Lipinski definition) is 0. The Hall–Kier alpha value is -5.98. The molecule has 0 saturated carbocycles. The maximum Gasteiger partial charge on any atom is 2.00 e. The molecule has 0 fully saturated rings. The van der Waals surface area contributed by atoms with E-state index in [1.165, 1.54) is 22.3 Å².